The second-order valence-electron chi connectivity index (χ2n) is 9.39. The number of aromatic nitrogens is 1. The Balaban J connectivity index is 1.70. The van der Waals surface area contributed by atoms with Crippen LogP contribution in [0.25, 0.3) is 11.1 Å². The highest BCUT2D eigenvalue weighted by atomic mass is 35.5. The number of carbonyl (C=O) groups is 1. The third-order valence-electron chi connectivity index (χ3n) is 5.99. The molecule has 0 aliphatic carbocycles. The molecule has 0 radical (unpaired) electrons. The molecule has 0 saturated carbocycles. The van der Waals surface area contributed by atoms with E-state index in [1.165, 1.54) is 6.07 Å². The molecule has 2 N–H and O–H groups in total. The molecule has 1 aliphatic heterocycles. The molecule has 7 heteroatoms. The lowest BCUT2D eigenvalue weighted by Gasteiger charge is -2.44. The Hall–Kier alpha value is -3.12. The Morgan fingerprint density at radius 1 is 1.12 bits per heavy atom. The van der Waals surface area contributed by atoms with Crippen LogP contribution in [0.15, 0.2) is 60.9 Å². The lowest BCUT2D eigenvalue weighted by Crippen LogP contribution is -2.53. The van der Waals surface area contributed by atoms with Crippen LogP contribution >= 0.6 is 11.6 Å². The number of hydrogen-bond acceptors (Lipinski definition) is 4. The average molecular weight is 467 g/mol. The van der Waals surface area contributed by atoms with Gasteiger partial charge in [-0.3, -0.25) is 9.78 Å². The first-order chi connectivity index (χ1) is 15.6. The van der Waals surface area contributed by atoms with Crippen molar-refractivity contribution in [3.05, 3.63) is 77.3 Å². The van der Waals surface area contributed by atoms with E-state index in [4.69, 9.17) is 17.3 Å². The first-order valence-electron chi connectivity index (χ1n) is 11.0. The van der Waals surface area contributed by atoms with Crippen LogP contribution in [0.2, 0.25) is 5.02 Å². The molecular weight excluding hydrogens is 439 g/mol. The van der Waals surface area contributed by atoms with Crippen LogP contribution in [0.5, 0.6) is 0 Å². The zero-order chi connectivity index (χ0) is 23.8. The smallest absolute Gasteiger partial charge is 0.228 e. The normalized spacial score (nSPS) is 16.7. The van der Waals surface area contributed by atoms with Crippen molar-refractivity contribution in [2.24, 2.45) is 5.41 Å². The van der Waals surface area contributed by atoms with Crippen molar-refractivity contribution >= 4 is 28.9 Å². The molecule has 1 aliphatic rings. The zero-order valence-electron chi connectivity index (χ0n) is 19.1. The maximum atomic E-state index is 14.9. The monoisotopic (exact) mass is 466 g/mol. The summed E-state index contributed by atoms with van der Waals surface area (Å²) in [6.07, 6.45) is 3.34. The predicted octanol–water partition coefficient (Wildman–Crippen LogP) is 5.56. The maximum Gasteiger partial charge on any atom is 0.228 e. The summed E-state index contributed by atoms with van der Waals surface area (Å²) in [5.41, 5.74) is 9.56. The third-order valence-corrected chi connectivity index (χ3v) is 6.22. The van der Waals surface area contributed by atoms with Gasteiger partial charge in [0.2, 0.25) is 5.91 Å². The number of hydrogen-bond donors (Lipinski definition) is 1. The fourth-order valence-electron chi connectivity index (χ4n) is 4.28. The maximum absolute atomic E-state index is 14.9. The van der Waals surface area contributed by atoms with E-state index in [0.717, 1.165) is 16.7 Å². The number of benzene rings is 2. The quantitative estimate of drug-likeness (QED) is 0.549. The largest absolute Gasteiger partial charge is 0.397 e. The number of amides is 1. The lowest BCUT2D eigenvalue weighted by molar-refractivity contribution is -0.140. The van der Waals surface area contributed by atoms with Crippen molar-refractivity contribution in [3.8, 4) is 11.1 Å². The summed E-state index contributed by atoms with van der Waals surface area (Å²) in [6.45, 7) is 7.27. The van der Waals surface area contributed by atoms with Crippen molar-refractivity contribution in [2.45, 2.75) is 26.8 Å². The van der Waals surface area contributed by atoms with E-state index in [1.54, 1.807) is 24.5 Å². The van der Waals surface area contributed by atoms with E-state index < -0.39 is 5.41 Å². The van der Waals surface area contributed by atoms with E-state index in [-0.39, 0.29) is 17.8 Å². The van der Waals surface area contributed by atoms with Gasteiger partial charge in [-0.25, -0.2) is 4.39 Å². The summed E-state index contributed by atoms with van der Waals surface area (Å²) < 4.78 is 14.9. The number of nitrogen functional groups attached to an aromatic ring is 1. The minimum Gasteiger partial charge on any atom is -0.397 e. The van der Waals surface area contributed by atoms with Crippen molar-refractivity contribution < 1.29 is 9.18 Å². The van der Waals surface area contributed by atoms with E-state index in [0.29, 0.717) is 36.0 Å². The Labute approximate surface area is 199 Å². The molecule has 1 atom stereocenters. The Bertz CT molecular complexity index is 1160. The predicted molar refractivity (Wildman–Crippen MR) is 132 cm³/mol. The number of piperazine rings is 1. The van der Waals surface area contributed by atoms with Crippen LogP contribution in [-0.4, -0.2) is 35.4 Å². The molecule has 1 aromatic heterocycles. The summed E-state index contributed by atoms with van der Waals surface area (Å²) in [4.78, 5) is 21.0. The van der Waals surface area contributed by atoms with Crippen molar-refractivity contribution in [2.75, 3.05) is 30.3 Å². The number of pyridine rings is 1. The van der Waals surface area contributed by atoms with Crippen LogP contribution < -0.4 is 10.6 Å². The van der Waals surface area contributed by atoms with Gasteiger partial charge in [-0.15, -0.1) is 0 Å². The molecule has 0 unspecified atom stereocenters. The summed E-state index contributed by atoms with van der Waals surface area (Å²) >= 11 is 5.99. The molecule has 0 spiro atoms. The average Bonchev–Trinajstić information content (AvgIpc) is 2.78. The first kappa shape index (κ1) is 23.1. The van der Waals surface area contributed by atoms with Crippen LogP contribution in [0.4, 0.5) is 15.8 Å². The van der Waals surface area contributed by atoms with Crippen LogP contribution in [0.1, 0.15) is 32.4 Å². The van der Waals surface area contributed by atoms with Crippen LogP contribution in [-0.2, 0) is 4.79 Å². The van der Waals surface area contributed by atoms with Gasteiger partial charge in [0.15, 0.2) is 0 Å². The molecule has 1 saturated heterocycles. The van der Waals surface area contributed by atoms with Crippen molar-refractivity contribution in [1.82, 2.24) is 9.88 Å². The van der Waals surface area contributed by atoms with E-state index >= 15 is 0 Å². The van der Waals surface area contributed by atoms with Gasteiger partial charge in [0.05, 0.1) is 23.6 Å². The van der Waals surface area contributed by atoms with Crippen molar-refractivity contribution in [1.29, 1.82) is 0 Å². The molecule has 5 nitrogen and oxygen atoms in total. The standard InChI is InChI=1S/C26H28ClFN4O/c1-26(2,3)25(33)31-12-13-32(23-9-8-19(27)14-21(23)28)24(16-31)18-6-4-17(5-7-18)20-10-11-30-15-22(20)29/h4-11,14-15,24H,12-13,16,29H2,1-3H3/t24-/m0/s1. The number of carbonyl (C=O) groups excluding carboxylic acids is 1. The molecule has 2 heterocycles. The van der Waals surface area contributed by atoms with Crippen LogP contribution in [0, 0.1) is 11.2 Å². The molecule has 172 valence electrons. The van der Waals surface area contributed by atoms with E-state index in [2.05, 4.69) is 4.98 Å². The Morgan fingerprint density at radius 2 is 1.85 bits per heavy atom. The molecule has 2 aromatic carbocycles. The Morgan fingerprint density at radius 3 is 2.48 bits per heavy atom. The SMILES string of the molecule is CC(C)(C)C(=O)N1CCN(c2ccc(Cl)cc2F)[C@H](c2ccc(-c3ccncc3N)cc2)C1. The number of halogens is 2. The third kappa shape index (κ3) is 4.81. The second-order valence-corrected chi connectivity index (χ2v) is 9.83. The summed E-state index contributed by atoms with van der Waals surface area (Å²) in [5, 5.41) is 0.355. The fourth-order valence-corrected chi connectivity index (χ4v) is 4.44. The molecule has 1 fully saturated rings. The highest BCUT2D eigenvalue weighted by Gasteiger charge is 2.35. The Kier molecular flexibility index (Phi) is 6.30. The minimum absolute atomic E-state index is 0.0879. The van der Waals surface area contributed by atoms with Crippen molar-refractivity contribution in [3.63, 3.8) is 0 Å². The molecule has 3 aromatic rings. The number of nitrogens with zero attached hydrogens (tertiary/aromatic N) is 3. The lowest BCUT2D eigenvalue weighted by atomic mass is 9.92. The summed E-state index contributed by atoms with van der Waals surface area (Å²) in [5.74, 6) is -0.283. The number of nitrogens with two attached hydrogens (primary N) is 1. The number of anilines is 2. The minimum atomic E-state index is -0.485. The van der Waals surface area contributed by atoms with E-state index in [1.807, 2.05) is 60.9 Å². The van der Waals surface area contributed by atoms with Gasteiger partial charge in [0.1, 0.15) is 5.82 Å². The van der Waals surface area contributed by atoms with Crippen LogP contribution in [0.3, 0.4) is 0 Å². The first-order valence-corrected chi connectivity index (χ1v) is 11.3. The number of rotatable bonds is 3. The summed E-state index contributed by atoms with van der Waals surface area (Å²) in [6, 6.07) is 14.4. The fraction of sp³-hybridized carbons (Fsp3) is 0.308. The van der Waals surface area contributed by atoms with Gasteiger partial charge in [0, 0.05) is 41.8 Å². The molecular formula is C26H28ClFN4O. The van der Waals surface area contributed by atoms with Gasteiger partial charge < -0.3 is 15.5 Å². The zero-order valence-corrected chi connectivity index (χ0v) is 19.8. The van der Waals surface area contributed by atoms with Gasteiger partial charge in [0.25, 0.3) is 0 Å². The summed E-state index contributed by atoms with van der Waals surface area (Å²) in [7, 11) is 0. The van der Waals surface area contributed by atoms with Gasteiger partial charge in [-0.1, -0.05) is 56.6 Å². The highest BCUT2D eigenvalue weighted by molar-refractivity contribution is 6.30. The molecule has 33 heavy (non-hydrogen) atoms. The topological polar surface area (TPSA) is 62.5 Å². The molecule has 1 amide bonds. The molecule has 4 rings (SSSR count). The highest BCUT2D eigenvalue weighted by Crippen LogP contribution is 2.36. The van der Waals surface area contributed by atoms with Gasteiger partial charge >= 0.3 is 0 Å². The molecule has 0 bridgehead atoms. The van der Waals surface area contributed by atoms with Gasteiger partial charge in [-0.05, 0) is 35.4 Å². The van der Waals surface area contributed by atoms with Gasteiger partial charge in [-0.2, -0.15) is 0 Å². The second kappa shape index (κ2) is 9.02. The van der Waals surface area contributed by atoms with E-state index in [9.17, 15) is 9.18 Å².